The second kappa shape index (κ2) is 4.94. The molecule has 1 aliphatic heterocycles. The van der Waals surface area contributed by atoms with Crippen LogP contribution in [0.5, 0.6) is 0 Å². The van der Waals surface area contributed by atoms with Gasteiger partial charge in [0.1, 0.15) is 0 Å². The van der Waals surface area contributed by atoms with Crippen LogP contribution in [0.3, 0.4) is 0 Å². The maximum absolute atomic E-state index is 11.8. The molecule has 0 radical (unpaired) electrons. The summed E-state index contributed by atoms with van der Waals surface area (Å²) >= 11 is 1.74. The van der Waals surface area contributed by atoms with Gasteiger partial charge in [0.05, 0.1) is 0 Å². The number of carbonyl (C=O) groups is 1. The van der Waals surface area contributed by atoms with E-state index in [1.807, 2.05) is 18.2 Å². The fraction of sp³-hybridized carbons (Fsp3) is 0.267. The minimum atomic E-state index is 0.275. The Hall–Kier alpha value is -1.61. The van der Waals surface area contributed by atoms with E-state index in [1.54, 1.807) is 11.3 Å². The lowest BCUT2D eigenvalue weighted by Gasteiger charge is -2.30. The van der Waals surface area contributed by atoms with Gasteiger partial charge in [-0.25, -0.2) is 0 Å². The maximum Gasteiger partial charge on any atom is 0.166 e. The van der Waals surface area contributed by atoms with Crippen molar-refractivity contribution >= 4 is 22.8 Å². The van der Waals surface area contributed by atoms with Gasteiger partial charge in [0.25, 0.3) is 0 Å². The lowest BCUT2D eigenvalue weighted by molar-refractivity contribution is 0.0980. The van der Waals surface area contributed by atoms with Crippen LogP contribution in [0.15, 0.2) is 41.1 Å². The van der Waals surface area contributed by atoms with Crippen molar-refractivity contribution < 1.29 is 4.79 Å². The van der Waals surface area contributed by atoms with E-state index in [0.717, 1.165) is 30.8 Å². The molecule has 0 saturated heterocycles. The number of nitrogens with zero attached hydrogens (tertiary/aromatic N) is 1. The van der Waals surface area contributed by atoms with E-state index in [2.05, 4.69) is 27.8 Å². The van der Waals surface area contributed by atoms with E-state index < -0.39 is 0 Å². The SMILES string of the molecule is O=C1CCN(CCc2ccsc2)c2ccccc21. The molecule has 1 aromatic carbocycles. The van der Waals surface area contributed by atoms with Gasteiger partial charge < -0.3 is 4.90 Å². The number of fused-ring (bicyclic) bond motifs is 1. The number of thiophene rings is 1. The molecule has 0 bridgehead atoms. The van der Waals surface area contributed by atoms with Crippen LogP contribution < -0.4 is 4.90 Å². The number of hydrogen-bond acceptors (Lipinski definition) is 3. The highest BCUT2D eigenvalue weighted by Gasteiger charge is 2.21. The first-order valence-corrected chi connectivity index (χ1v) is 7.17. The lowest BCUT2D eigenvalue weighted by atomic mass is 10.00. The normalized spacial score (nSPS) is 14.7. The third-order valence-electron chi connectivity index (χ3n) is 3.40. The summed E-state index contributed by atoms with van der Waals surface area (Å²) in [5, 5.41) is 4.31. The number of rotatable bonds is 3. The Labute approximate surface area is 111 Å². The quantitative estimate of drug-likeness (QED) is 0.840. The summed E-state index contributed by atoms with van der Waals surface area (Å²) in [6, 6.07) is 10.1. The van der Waals surface area contributed by atoms with Gasteiger partial charge in [-0.05, 0) is 40.9 Å². The molecule has 0 N–H and O–H groups in total. The molecule has 0 aliphatic carbocycles. The van der Waals surface area contributed by atoms with E-state index >= 15 is 0 Å². The number of carbonyl (C=O) groups excluding carboxylic acids is 1. The molecule has 0 amide bonds. The molecule has 0 atom stereocenters. The van der Waals surface area contributed by atoms with Crippen LogP contribution in [-0.4, -0.2) is 18.9 Å². The molecule has 0 unspecified atom stereocenters. The van der Waals surface area contributed by atoms with Gasteiger partial charge in [-0.3, -0.25) is 4.79 Å². The molecule has 2 aromatic rings. The Morgan fingerprint density at radius 3 is 2.94 bits per heavy atom. The molecule has 2 heterocycles. The van der Waals surface area contributed by atoms with Crippen LogP contribution in [-0.2, 0) is 6.42 Å². The topological polar surface area (TPSA) is 20.3 Å². The number of ketones is 1. The highest BCUT2D eigenvalue weighted by molar-refractivity contribution is 7.07. The predicted octanol–water partition coefficient (Wildman–Crippen LogP) is 3.38. The molecule has 92 valence electrons. The molecule has 3 heteroatoms. The van der Waals surface area contributed by atoms with Crippen LogP contribution in [0.2, 0.25) is 0 Å². The van der Waals surface area contributed by atoms with Crippen molar-refractivity contribution in [3.05, 3.63) is 52.2 Å². The highest BCUT2D eigenvalue weighted by Crippen LogP contribution is 2.26. The lowest BCUT2D eigenvalue weighted by Crippen LogP contribution is -2.33. The van der Waals surface area contributed by atoms with Crippen molar-refractivity contribution in [3.8, 4) is 0 Å². The van der Waals surface area contributed by atoms with Gasteiger partial charge in [-0.2, -0.15) is 11.3 Å². The molecular weight excluding hydrogens is 242 g/mol. The molecule has 0 saturated carbocycles. The third kappa shape index (κ3) is 2.18. The zero-order chi connectivity index (χ0) is 12.4. The van der Waals surface area contributed by atoms with E-state index in [0.29, 0.717) is 6.42 Å². The molecular formula is C15H15NOS. The fourth-order valence-corrected chi connectivity index (χ4v) is 3.11. The number of benzene rings is 1. The molecule has 1 aromatic heterocycles. The number of para-hydroxylation sites is 1. The standard InChI is InChI=1S/C15H15NOS/c17-15-6-9-16(8-5-12-7-10-18-11-12)14-4-2-1-3-13(14)15/h1-4,7,10-11H,5-6,8-9H2. The first-order valence-electron chi connectivity index (χ1n) is 6.23. The van der Waals surface area contributed by atoms with E-state index in [1.165, 1.54) is 5.56 Å². The molecule has 0 spiro atoms. The summed E-state index contributed by atoms with van der Waals surface area (Å²) in [6.07, 6.45) is 1.69. The monoisotopic (exact) mass is 257 g/mol. The Bertz CT molecular complexity index is 547. The summed E-state index contributed by atoms with van der Waals surface area (Å²) in [5.74, 6) is 0.275. The first kappa shape index (κ1) is 11.5. The van der Waals surface area contributed by atoms with Crippen LogP contribution in [0.4, 0.5) is 5.69 Å². The first-order chi connectivity index (χ1) is 8.84. The number of Topliss-reactive ketones (excluding diaryl/α,β-unsaturated/α-hetero) is 1. The van der Waals surface area contributed by atoms with Gasteiger partial charge in [-0.15, -0.1) is 0 Å². The summed E-state index contributed by atoms with van der Waals surface area (Å²) < 4.78 is 0. The van der Waals surface area contributed by atoms with Gasteiger partial charge in [-0.1, -0.05) is 12.1 Å². The van der Waals surface area contributed by atoms with Gasteiger partial charge in [0.2, 0.25) is 0 Å². The van der Waals surface area contributed by atoms with E-state index in [9.17, 15) is 4.79 Å². The van der Waals surface area contributed by atoms with Crippen molar-refractivity contribution in [2.75, 3.05) is 18.0 Å². The average molecular weight is 257 g/mol. The van der Waals surface area contributed by atoms with E-state index in [-0.39, 0.29) is 5.78 Å². The Morgan fingerprint density at radius 2 is 2.11 bits per heavy atom. The summed E-state index contributed by atoms with van der Waals surface area (Å²) in [6.45, 7) is 1.83. The smallest absolute Gasteiger partial charge is 0.166 e. The zero-order valence-electron chi connectivity index (χ0n) is 10.1. The van der Waals surface area contributed by atoms with Crippen molar-refractivity contribution in [3.63, 3.8) is 0 Å². The molecule has 2 nitrogen and oxygen atoms in total. The van der Waals surface area contributed by atoms with Crippen LogP contribution in [0.25, 0.3) is 0 Å². The summed E-state index contributed by atoms with van der Waals surface area (Å²) in [5.41, 5.74) is 3.37. The van der Waals surface area contributed by atoms with Crippen molar-refractivity contribution in [1.29, 1.82) is 0 Å². The average Bonchev–Trinajstić information content (AvgIpc) is 2.92. The van der Waals surface area contributed by atoms with Crippen LogP contribution >= 0.6 is 11.3 Å². The molecule has 1 aliphatic rings. The summed E-state index contributed by atoms with van der Waals surface area (Å²) in [7, 11) is 0. The minimum absolute atomic E-state index is 0.275. The van der Waals surface area contributed by atoms with Crippen molar-refractivity contribution in [2.24, 2.45) is 0 Å². The number of hydrogen-bond donors (Lipinski definition) is 0. The van der Waals surface area contributed by atoms with Crippen molar-refractivity contribution in [1.82, 2.24) is 0 Å². The fourth-order valence-electron chi connectivity index (χ4n) is 2.41. The third-order valence-corrected chi connectivity index (χ3v) is 4.14. The van der Waals surface area contributed by atoms with Crippen LogP contribution in [0, 0.1) is 0 Å². The molecule has 3 rings (SSSR count). The minimum Gasteiger partial charge on any atom is -0.370 e. The molecule has 0 fully saturated rings. The summed E-state index contributed by atoms with van der Waals surface area (Å²) in [4.78, 5) is 14.2. The largest absolute Gasteiger partial charge is 0.370 e. The highest BCUT2D eigenvalue weighted by atomic mass is 32.1. The zero-order valence-corrected chi connectivity index (χ0v) is 11.0. The van der Waals surface area contributed by atoms with Crippen molar-refractivity contribution in [2.45, 2.75) is 12.8 Å². The second-order valence-electron chi connectivity index (χ2n) is 4.56. The van der Waals surface area contributed by atoms with Crippen LogP contribution in [0.1, 0.15) is 22.3 Å². The maximum atomic E-state index is 11.8. The Kier molecular flexibility index (Phi) is 3.15. The van der Waals surface area contributed by atoms with Gasteiger partial charge in [0, 0.05) is 30.8 Å². The number of anilines is 1. The van der Waals surface area contributed by atoms with Gasteiger partial charge in [0.15, 0.2) is 5.78 Å². The predicted molar refractivity (Wildman–Crippen MR) is 75.6 cm³/mol. The second-order valence-corrected chi connectivity index (χ2v) is 5.34. The van der Waals surface area contributed by atoms with E-state index in [4.69, 9.17) is 0 Å². The molecule has 18 heavy (non-hydrogen) atoms. The Balaban J connectivity index is 1.78. The van der Waals surface area contributed by atoms with Gasteiger partial charge >= 0.3 is 0 Å². The Morgan fingerprint density at radius 1 is 1.22 bits per heavy atom.